The van der Waals surface area contributed by atoms with Crippen LogP contribution in [-0.2, 0) is 0 Å². The van der Waals surface area contributed by atoms with E-state index in [2.05, 4.69) is 24.8 Å². The molecule has 0 aliphatic carbocycles. The highest BCUT2D eigenvalue weighted by Gasteiger charge is 2.18. The Hall–Kier alpha value is -1.75. The van der Waals surface area contributed by atoms with Gasteiger partial charge in [0.15, 0.2) is 5.82 Å². The lowest BCUT2D eigenvalue weighted by molar-refractivity contribution is 0.882. The van der Waals surface area contributed by atoms with Gasteiger partial charge in [-0.1, -0.05) is 0 Å². The lowest BCUT2D eigenvalue weighted by Crippen LogP contribution is -2.21. The molecule has 0 N–H and O–H groups in total. The van der Waals surface area contributed by atoms with E-state index in [9.17, 15) is 0 Å². The molecule has 2 aromatic heterocycles. The molecule has 2 aromatic rings. The molecule has 1 aliphatic heterocycles. The predicted octanol–water partition coefficient (Wildman–Crippen LogP) is 2.50. The topological polar surface area (TPSA) is 54.8 Å². The molecule has 5 nitrogen and oxygen atoms in total. The highest BCUT2D eigenvalue weighted by molar-refractivity contribution is 6.28. The van der Waals surface area contributed by atoms with Crippen molar-refractivity contribution >= 4 is 17.5 Å². The first-order valence-electron chi connectivity index (χ1n) is 6.31. The van der Waals surface area contributed by atoms with Crippen molar-refractivity contribution in [3.05, 3.63) is 29.3 Å². The lowest BCUT2D eigenvalue weighted by atomic mass is 10.1. The molecule has 98 valence electrons. The number of aryl methyl sites for hydroxylation is 1. The smallest absolute Gasteiger partial charge is 0.230 e. The van der Waals surface area contributed by atoms with E-state index in [1.807, 2.05) is 13.0 Å². The Morgan fingerprint density at radius 1 is 1.16 bits per heavy atom. The van der Waals surface area contributed by atoms with Gasteiger partial charge in [0, 0.05) is 31.0 Å². The van der Waals surface area contributed by atoms with E-state index in [0.29, 0.717) is 11.8 Å². The maximum atomic E-state index is 6.02. The van der Waals surface area contributed by atoms with Crippen LogP contribution in [0.25, 0.3) is 11.4 Å². The minimum absolute atomic E-state index is 0.232. The second-order valence-electron chi connectivity index (χ2n) is 4.61. The van der Waals surface area contributed by atoms with E-state index in [1.54, 1.807) is 12.4 Å². The molecule has 19 heavy (non-hydrogen) atoms. The summed E-state index contributed by atoms with van der Waals surface area (Å²) in [5.74, 6) is 1.25. The highest BCUT2D eigenvalue weighted by atomic mass is 35.5. The van der Waals surface area contributed by atoms with Crippen LogP contribution in [0.2, 0.25) is 5.28 Å². The number of rotatable bonds is 2. The number of hydrogen-bond acceptors (Lipinski definition) is 5. The highest BCUT2D eigenvalue weighted by Crippen LogP contribution is 2.23. The van der Waals surface area contributed by atoms with Crippen LogP contribution >= 0.6 is 11.6 Å². The monoisotopic (exact) mass is 275 g/mol. The van der Waals surface area contributed by atoms with E-state index < -0.39 is 0 Å². The van der Waals surface area contributed by atoms with Gasteiger partial charge in [-0.3, -0.25) is 4.98 Å². The summed E-state index contributed by atoms with van der Waals surface area (Å²) >= 11 is 6.02. The summed E-state index contributed by atoms with van der Waals surface area (Å²) in [6.45, 7) is 3.96. The molecule has 0 saturated carbocycles. The average molecular weight is 276 g/mol. The van der Waals surface area contributed by atoms with Crippen LogP contribution in [0.4, 0.5) is 5.95 Å². The predicted molar refractivity (Wildman–Crippen MR) is 74.3 cm³/mol. The largest absolute Gasteiger partial charge is 0.341 e. The van der Waals surface area contributed by atoms with Gasteiger partial charge in [0.1, 0.15) is 0 Å². The van der Waals surface area contributed by atoms with Gasteiger partial charge < -0.3 is 4.90 Å². The Bertz CT molecular complexity index is 595. The molecule has 0 radical (unpaired) electrons. The fraction of sp³-hybridized carbons (Fsp3) is 0.385. The molecule has 0 amide bonds. The van der Waals surface area contributed by atoms with Crippen molar-refractivity contribution in [2.45, 2.75) is 19.8 Å². The minimum Gasteiger partial charge on any atom is -0.341 e. The van der Waals surface area contributed by atoms with Crippen LogP contribution in [-0.4, -0.2) is 33.0 Å². The van der Waals surface area contributed by atoms with Crippen molar-refractivity contribution in [1.29, 1.82) is 0 Å². The zero-order valence-corrected chi connectivity index (χ0v) is 11.4. The van der Waals surface area contributed by atoms with Crippen molar-refractivity contribution in [3.63, 3.8) is 0 Å². The van der Waals surface area contributed by atoms with Gasteiger partial charge in [0.2, 0.25) is 11.2 Å². The lowest BCUT2D eigenvalue weighted by Gasteiger charge is -2.15. The van der Waals surface area contributed by atoms with Crippen molar-refractivity contribution < 1.29 is 0 Å². The van der Waals surface area contributed by atoms with E-state index in [0.717, 1.165) is 24.2 Å². The third kappa shape index (κ3) is 2.51. The summed E-state index contributed by atoms with van der Waals surface area (Å²) in [4.78, 5) is 19.2. The molecule has 0 spiro atoms. The van der Waals surface area contributed by atoms with Crippen LogP contribution in [0.1, 0.15) is 18.4 Å². The van der Waals surface area contributed by atoms with Crippen molar-refractivity contribution in [2.24, 2.45) is 0 Å². The van der Waals surface area contributed by atoms with Gasteiger partial charge in [-0.05, 0) is 43.0 Å². The van der Waals surface area contributed by atoms with E-state index in [4.69, 9.17) is 11.6 Å². The van der Waals surface area contributed by atoms with Gasteiger partial charge in [-0.2, -0.15) is 15.0 Å². The SMILES string of the molecule is Cc1ccncc1-c1nc(Cl)nc(N2CCCC2)n1. The Labute approximate surface area is 116 Å². The third-order valence-electron chi connectivity index (χ3n) is 3.27. The van der Waals surface area contributed by atoms with Gasteiger partial charge in [0.25, 0.3) is 0 Å². The first-order chi connectivity index (χ1) is 9.24. The van der Waals surface area contributed by atoms with E-state index in [1.165, 1.54) is 12.8 Å². The number of halogens is 1. The van der Waals surface area contributed by atoms with Gasteiger partial charge in [-0.25, -0.2) is 0 Å². The zero-order chi connectivity index (χ0) is 13.2. The molecule has 0 bridgehead atoms. The molecule has 0 unspecified atom stereocenters. The molecule has 6 heteroatoms. The summed E-state index contributed by atoms with van der Waals surface area (Å²) in [5, 5.41) is 0.232. The second-order valence-corrected chi connectivity index (χ2v) is 4.95. The number of hydrogen-bond donors (Lipinski definition) is 0. The number of anilines is 1. The van der Waals surface area contributed by atoms with Crippen LogP contribution in [0.5, 0.6) is 0 Å². The molecule has 1 saturated heterocycles. The van der Waals surface area contributed by atoms with Crippen molar-refractivity contribution in [1.82, 2.24) is 19.9 Å². The fourth-order valence-corrected chi connectivity index (χ4v) is 2.37. The summed E-state index contributed by atoms with van der Waals surface area (Å²) in [6, 6.07) is 1.93. The number of nitrogens with zero attached hydrogens (tertiary/aromatic N) is 5. The minimum atomic E-state index is 0.232. The van der Waals surface area contributed by atoms with E-state index in [-0.39, 0.29) is 5.28 Å². The molecule has 3 heterocycles. The number of aromatic nitrogens is 4. The zero-order valence-electron chi connectivity index (χ0n) is 10.7. The standard InChI is InChI=1S/C13H14ClN5/c1-9-4-5-15-8-10(9)11-16-12(14)18-13(17-11)19-6-2-3-7-19/h4-5,8H,2-3,6-7H2,1H3. The van der Waals surface area contributed by atoms with Gasteiger partial charge in [0.05, 0.1) is 0 Å². The Kier molecular flexibility index (Phi) is 3.29. The number of pyridine rings is 1. The summed E-state index contributed by atoms with van der Waals surface area (Å²) in [7, 11) is 0. The van der Waals surface area contributed by atoms with Gasteiger partial charge in [-0.15, -0.1) is 0 Å². The summed E-state index contributed by atoms with van der Waals surface area (Å²) in [6.07, 6.45) is 5.85. The molecule has 3 rings (SSSR count). The van der Waals surface area contributed by atoms with Crippen molar-refractivity contribution in [3.8, 4) is 11.4 Å². The Balaban J connectivity index is 2.04. The fourth-order valence-electron chi connectivity index (χ4n) is 2.22. The molecule has 0 atom stereocenters. The third-order valence-corrected chi connectivity index (χ3v) is 3.43. The molecule has 0 aromatic carbocycles. The average Bonchev–Trinajstić information content (AvgIpc) is 2.92. The maximum Gasteiger partial charge on any atom is 0.230 e. The molecule has 1 fully saturated rings. The quantitative estimate of drug-likeness (QED) is 0.843. The maximum absolute atomic E-state index is 6.02. The molecular formula is C13H14ClN5. The van der Waals surface area contributed by atoms with Crippen molar-refractivity contribution in [2.75, 3.05) is 18.0 Å². The van der Waals surface area contributed by atoms with Crippen LogP contribution < -0.4 is 4.90 Å². The molecular weight excluding hydrogens is 262 g/mol. The first kappa shape index (κ1) is 12.3. The normalized spacial score (nSPS) is 14.9. The Morgan fingerprint density at radius 3 is 2.68 bits per heavy atom. The van der Waals surface area contributed by atoms with E-state index >= 15 is 0 Å². The van der Waals surface area contributed by atoms with Crippen LogP contribution in [0.15, 0.2) is 18.5 Å². The van der Waals surface area contributed by atoms with Crippen LogP contribution in [0.3, 0.4) is 0 Å². The summed E-state index contributed by atoms with van der Waals surface area (Å²) in [5.41, 5.74) is 1.97. The Morgan fingerprint density at radius 2 is 1.95 bits per heavy atom. The molecule has 1 aliphatic rings. The van der Waals surface area contributed by atoms with Gasteiger partial charge >= 0.3 is 0 Å². The second kappa shape index (κ2) is 5.09. The van der Waals surface area contributed by atoms with Crippen LogP contribution in [0, 0.1) is 6.92 Å². The summed E-state index contributed by atoms with van der Waals surface area (Å²) < 4.78 is 0. The first-order valence-corrected chi connectivity index (χ1v) is 6.69.